The Kier molecular flexibility index (Phi) is 4.14. The maximum Gasteiger partial charge on any atom is 0.255 e. The number of rotatable bonds is 3. The smallest absolute Gasteiger partial charge is 0.255 e. The molecule has 1 saturated carbocycles. The van der Waals surface area contributed by atoms with E-state index in [4.69, 9.17) is 5.73 Å². The van der Waals surface area contributed by atoms with E-state index < -0.39 is 0 Å². The van der Waals surface area contributed by atoms with E-state index in [-0.39, 0.29) is 11.9 Å². The molecule has 104 valence electrons. The number of nitrogens with zero attached hydrogens (tertiary/aromatic N) is 3. The summed E-state index contributed by atoms with van der Waals surface area (Å²) in [5, 5.41) is 7.99. The van der Waals surface area contributed by atoms with Gasteiger partial charge in [-0.3, -0.25) is 4.79 Å². The van der Waals surface area contributed by atoms with Crippen molar-refractivity contribution in [2.75, 3.05) is 13.6 Å². The number of carbonyl (C=O) groups is 1. The third-order valence-electron chi connectivity index (χ3n) is 4.07. The Bertz CT molecular complexity index is 475. The lowest BCUT2D eigenvalue weighted by Crippen LogP contribution is -2.41. The van der Waals surface area contributed by atoms with Crippen LogP contribution < -0.4 is 5.73 Å². The molecule has 1 amide bonds. The molecule has 0 aliphatic heterocycles. The Hall–Kier alpha value is -1.49. The summed E-state index contributed by atoms with van der Waals surface area (Å²) in [6, 6.07) is 2.07. The minimum atomic E-state index is 0.0286. The van der Waals surface area contributed by atoms with Crippen LogP contribution in [0.25, 0.3) is 0 Å². The molecular formula is C14H22N4O. The van der Waals surface area contributed by atoms with Gasteiger partial charge in [0.15, 0.2) is 0 Å². The van der Waals surface area contributed by atoms with E-state index in [1.54, 1.807) is 0 Å². The summed E-state index contributed by atoms with van der Waals surface area (Å²) in [5.74, 6) is 0.450. The van der Waals surface area contributed by atoms with E-state index in [0.29, 0.717) is 23.7 Å². The highest BCUT2D eigenvalue weighted by molar-refractivity contribution is 5.95. The van der Waals surface area contributed by atoms with Gasteiger partial charge in [-0.05, 0) is 45.2 Å². The maximum absolute atomic E-state index is 12.6. The molecule has 0 spiro atoms. The molecule has 1 aromatic rings. The topological polar surface area (TPSA) is 72.1 Å². The van der Waals surface area contributed by atoms with Crippen molar-refractivity contribution in [2.45, 2.75) is 39.2 Å². The summed E-state index contributed by atoms with van der Waals surface area (Å²) in [7, 11) is 1.87. The Morgan fingerprint density at radius 3 is 2.84 bits per heavy atom. The zero-order valence-electron chi connectivity index (χ0n) is 11.9. The van der Waals surface area contributed by atoms with Gasteiger partial charge in [0.05, 0.1) is 17.0 Å². The number of amides is 1. The van der Waals surface area contributed by atoms with E-state index >= 15 is 0 Å². The SMILES string of the molecule is Cc1cc(C(=O)N(C)C2CCCC2CN)c(C)nn1. The summed E-state index contributed by atoms with van der Waals surface area (Å²) < 4.78 is 0. The van der Waals surface area contributed by atoms with Crippen molar-refractivity contribution < 1.29 is 4.79 Å². The number of hydrogen-bond donors (Lipinski definition) is 1. The second-order valence-corrected chi connectivity index (χ2v) is 5.39. The highest BCUT2D eigenvalue weighted by Crippen LogP contribution is 2.29. The first kappa shape index (κ1) is 13.9. The zero-order valence-corrected chi connectivity index (χ0v) is 11.9. The summed E-state index contributed by atoms with van der Waals surface area (Å²) >= 11 is 0. The quantitative estimate of drug-likeness (QED) is 0.891. The van der Waals surface area contributed by atoms with Crippen molar-refractivity contribution >= 4 is 5.91 Å². The minimum absolute atomic E-state index is 0.0286. The molecule has 0 saturated heterocycles. The van der Waals surface area contributed by atoms with Crippen LogP contribution in [0.4, 0.5) is 0 Å². The Balaban J connectivity index is 2.21. The average Bonchev–Trinajstić information content (AvgIpc) is 2.88. The molecular weight excluding hydrogens is 240 g/mol. The first-order chi connectivity index (χ1) is 9.04. The van der Waals surface area contributed by atoms with E-state index in [2.05, 4.69) is 10.2 Å². The van der Waals surface area contributed by atoms with Gasteiger partial charge in [-0.2, -0.15) is 10.2 Å². The van der Waals surface area contributed by atoms with Gasteiger partial charge >= 0.3 is 0 Å². The fraction of sp³-hybridized carbons (Fsp3) is 0.643. The van der Waals surface area contributed by atoms with Gasteiger partial charge in [0, 0.05) is 13.1 Å². The number of aromatic nitrogens is 2. The molecule has 1 aliphatic carbocycles. The number of hydrogen-bond acceptors (Lipinski definition) is 4. The molecule has 1 aliphatic rings. The summed E-state index contributed by atoms with van der Waals surface area (Å²) in [4.78, 5) is 14.4. The van der Waals surface area contributed by atoms with E-state index in [1.807, 2.05) is 31.9 Å². The maximum atomic E-state index is 12.6. The molecule has 5 nitrogen and oxygen atoms in total. The van der Waals surface area contributed by atoms with Crippen molar-refractivity contribution in [3.8, 4) is 0 Å². The highest BCUT2D eigenvalue weighted by Gasteiger charge is 2.32. The first-order valence-electron chi connectivity index (χ1n) is 6.82. The standard InChI is InChI=1S/C14H22N4O/c1-9-7-12(10(2)17-16-9)14(19)18(3)13-6-4-5-11(13)8-15/h7,11,13H,4-6,8,15H2,1-3H3. The predicted molar refractivity (Wildman–Crippen MR) is 73.8 cm³/mol. The molecule has 0 bridgehead atoms. The monoisotopic (exact) mass is 262 g/mol. The molecule has 5 heteroatoms. The van der Waals surface area contributed by atoms with Gasteiger partial charge in [0.2, 0.25) is 0 Å². The van der Waals surface area contributed by atoms with Crippen molar-refractivity contribution in [1.82, 2.24) is 15.1 Å². The molecule has 0 aromatic carbocycles. The van der Waals surface area contributed by atoms with Crippen LogP contribution in [0, 0.1) is 19.8 Å². The number of aryl methyl sites for hydroxylation is 2. The molecule has 2 unspecified atom stereocenters. The summed E-state index contributed by atoms with van der Waals surface area (Å²) in [5.41, 5.74) is 7.90. The lowest BCUT2D eigenvalue weighted by Gasteiger charge is -2.29. The van der Waals surface area contributed by atoms with Gasteiger partial charge in [-0.25, -0.2) is 0 Å². The third kappa shape index (κ3) is 2.76. The van der Waals surface area contributed by atoms with Gasteiger partial charge < -0.3 is 10.6 Å². The van der Waals surface area contributed by atoms with Crippen molar-refractivity contribution in [1.29, 1.82) is 0 Å². The Morgan fingerprint density at radius 2 is 2.16 bits per heavy atom. The van der Waals surface area contributed by atoms with Crippen LogP contribution in [0.1, 0.15) is 41.0 Å². The van der Waals surface area contributed by atoms with Crippen LogP contribution in [0.5, 0.6) is 0 Å². The zero-order chi connectivity index (χ0) is 14.0. The number of nitrogens with two attached hydrogens (primary N) is 1. The fourth-order valence-electron chi connectivity index (χ4n) is 2.91. The van der Waals surface area contributed by atoms with Crippen LogP contribution in [0.3, 0.4) is 0 Å². The second-order valence-electron chi connectivity index (χ2n) is 5.39. The molecule has 2 atom stereocenters. The molecule has 19 heavy (non-hydrogen) atoms. The third-order valence-corrected chi connectivity index (χ3v) is 4.07. The minimum Gasteiger partial charge on any atom is -0.338 e. The normalized spacial score (nSPS) is 22.5. The van der Waals surface area contributed by atoms with E-state index in [0.717, 1.165) is 25.0 Å². The van der Waals surface area contributed by atoms with Crippen LogP contribution in [0.15, 0.2) is 6.07 Å². The number of carbonyl (C=O) groups excluding carboxylic acids is 1. The van der Waals surface area contributed by atoms with Gasteiger partial charge in [0.1, 0.15) is 0 Å². The molecule has 1 aromatic heterocycles. The fourth-order valence-corrected chi connectivity index (χ4v) is 2.91. The lowest BCUT2D eigenvalue weighted by atomic mass is 10.0. The second kappa shape index (κ2) is 5.65. The molecule has 0 radical (unpaired) electrons. The highest BCUT2D eigenvalue weighted by atomic mass is 16.2. The van der Waals surface area contributed by atoms with Crippen LogP contribution >= 0.6 is 0 Å². The average molecular weight is 262 g/mol. The lowest BCUT2D eigenvalue weighted by molar-refractivity contribution is 0.0698. The Labute approximate surface area is 114 Å². The molecule has 2 N–H and O–H groups in total. The van der Waals surface area contributed by atoms with Crippen LogP contribution in [-0.4, -0.2) is 40.6 Å². The van der Waals surface area contributed by atoms with E-state index in [9.17, 15) is 4.79 Å². The van der Waals surface area contributed by atoms with Gasteiger partial charge in [-0.15, -0.1) is 0 Å². The van der Waals surface area contributed by atoms with Gasteiger partial charge in [-0.1, -0.05) is 6.42 Å². The van der Waals surface area contributed by atoms with E-state index in [1.165, 1.54) is 0 Å². The first-order valence-corrected chi connectivity index (χ1v) is 6.82. The molecule has 1 fully saturated rings. The van der Waals surface area contributed by atoms with Crippen molar-refractivity contribution in [3.05, 3.63) is 23.0 Å². The molecule has 2 rings (SSSR count). The predicted octanol–water partition coefficient (Wildman–Crippen LogP) is 1.29. The van der Waals surface area contributed by atoms with Crippen molar-refractivity contribution in [3.63, 3.8) is 0 Å². The molecule has 1 heterocycles. The van der Waals surface area contributed by atoms with Crippen LogP contribution in [0.2, 0.25) is 0 Å². The van der Waals surface area contributed by atoms with Crippen molar-refractivity contribution in [2.24, 2.45) is 11.7 Å². The summed E-state index contributed by atoms with van der Waals surface area (Å²) in [6.45, 7) is 4.32. The summed E-state index contributed by atoms with van der Waals surface area (Å²) in [6.07, 6.45) is 3.31. The largest absolute Gasteiger partial charge is 0.338 e. The Morgan fingerprint density at radius 1 is 1.42 bits per heavy atom. The van der Waals surface area contributed by atoms with Gasteiger partial charge in [0.25, 0.3) is 5.91 Å². The van der Waals surface area contributed by atoms with Crippen LogP contribution in [-0.2, 0) is 0 Å².